The van der Waals surface area contributed by atoms with Gasteiger partial charge in [-0.3, -0.25) is 5.43 Å². The van der Waals surface area contributed by atoms with Crippen LogP contribution in [0.25, 0.3) is 11.4 Å². The number of carbonyl (C=O) groups is 1. The molecule has 0 aliphatic rings. The van der Waals surface area contributed by atoms with Crippen molar-refractivity contribution in [1.82, 2.24) is 15.4 Å². The first-order chi connectivity index (χ1) is 9.58. The van der Waals surface area contributed by atoms with Crippen LogP contribution in [0.5, 0.6) is 0 Å². The molecule has 2 rings (SSSR count). The molecular formula is C13H14N6O. The molecule has 2 aromatic rings. The first kappa shape index (κ1) is 13.8. The average Bonchev–Trinajstić information content (AvgIpc) is 2.44. The number of carbonyl (C=O) groups excluding carboxylic acids is 1. The normalized spacial score (nSPS) is 10.8. The number of nitrogens with two attached hydrogens (primary N) is 1. The predicted molar refractivity (Wildman–Crippen MR) is 74.2 cm³/mol. The molecule has 7 heteroatoms. The summed E-state index contributed by atoms with van der Waals surface area (Å²) in [4.78, 5) is 19.6. The van der Waals surface area contributed by atoms with Crippen LogP contribution in [0.15, 0.2) is 40.6 Å². The van der Waals surface area contributed by atoms with Crippen LogP contribution in [0.4, 0.5) is 10.5 Å². The Morgan fingerprint density at radius 2 is 1.75 bits per heavy atom. The molecule has 0 atom stereocenters. The third-order valence-corrected chi connectivity index (χ3v) is 2.49. The lowest BCUT2D eigenvalue weighted by Gasteiger charge is -2.03. The lowest BCUT2D eigenvalue weighted by Crippen LogP contribution is -2.26. The molecule has 0 aliphatic heterocycles. The number of benzene rings is 1. The summed E-state index contributed by atoms with van der Waals surface area (Å²) >= 11 is 0. The molecule has 20 heavy (non-hydrogen) atoms. The highest BCUT2D eigenvalue weighted by Gasteiger charge is 2.03. The van der Waals surface area contributed by atoms with Gasteiger partial charge in [-0.2, -0.15) is 0 Å². The van der Waals surface area contributed by atoms with Gasteiger partial charge in [0.25, 0.3) is 0 Å². The van der Waals surface area contributed by atoms with Gasteiger partial charge in [-0.1, -0.05) is 5.11 Å². The Kier molecular flexibility index (Phi) is 4.11. The minimum absolute atomic E-state index is 0.543. The highest BCUT2D eigenvalue weighted by molar-refractivity contribution is 5.73. The van der Waals surface area contributed by atoms with Crippen LogP contribution in [0.1, 0.15) is 11.4 Å². The minimum Gasteiger partial charge on any atom is -0.273 e. The molecule has 2 amide bonds. The summed E-state index contributed by atoms with van der Waals surface area (Å²) in [5, 5.41) is 7.10. The zero-order valence-corrected chi connectivity index (χ0v) is 11.2. The highest BCUT2D eigenvalue weighted by Crippen LogP contribution is 2.20. The maximum atomic E-state index is 10.8. The Morgan fingerprint density at radius 3 is 2.30 bits per heavy atom. The standard InChI is InChI=1S/C13H14N6O/c1-8-7-9(2)16-12(15-8)10-3-5-11(6-4-10)18-19-13(20)17-14/h3-7H,14H2,1-2H3,(H,17,20). The SMILES string of the molecule is Cc1cc(C)nc(-c2ccc(N=NC(=O)NN)cc2)n1. The molecule has 1 aromatic carbocycles. The smallest absolute Gasteiger partial charge is 0.273 e. The van der Waals surface area contributed by atoms with Gasteiger partial charge in [-0.15, -0.1) is 5.11 Å². The van der Waals surface area contributed by atoms with Crippen molar-refractivity contribution < 1.29 is 4.79 Å². The van der Waals surface area contributed by atoms with Crippen molar-refractivity contribution in [3.63, 3.8) is 0 Å². The van der Waals surface area contributed by atoms with Gasteiger partial charge in [0, 0.05) is 17.0 Å². The summed E-state index contributed by atoms with van der Waals surface area (Å²) < 4.78 is 0. The Labute approximate surface area is 115 Å². The first-order valence-corrected chi connectivity index (χ1v) is 5.93. The third kappa shape index (κ3) is 3.42. The number of nitrogens with one attached hydrogen (secondary N) is 1. The highest BCUT2D eigenvalue weighted by atomic mass is 16.2. The Hall–Kier alpha value is -2.67. The fourth-order valence-corrected chi connectivity index (χ4v) is 1.66. The molecule has 0 saturated heterocycles. The number of azo groups is 1. The van der Waals surface area contributed by atoms with Crippen molar-refractivity contribution in [1.29, 1.82) is 0 Å². The lowest BCUT2D eigenvalue weighted by atomic mass is 10.2. The Bertz CT molecular complexity index is 630. The zero-order chi connectivity index (χ0) is 14.5. The summed E-state index contributed by atoms with van der Waals surface area (Å²) in [6.45, 7) is 3.85. The fourth-order valence-electron chi connectivity index (χ4n) is 1.66. The molecule has 1 aromatic heterocycles. The number of aromatic nitrogens is 2. The van der Waals surface area contributed by atoms with Crippen LogP contribution < -0.4 is 11.3 Å². The number of hydrogen-bond donors (Lipinski definition) is 2. The van der Waals surface area contributed by atoms with Gasteiger partial charge in [0.2, 0.25) is 0 Å². The van der Waals surface area contributed by atoms with Gasteiger partial charge in [-0.05, 0) is 44.2 Å². The van der Waals surface area contributed by atoms with E-state index in [9.17, 15) is 4.79 Å². The van der Waals surface area contributed by atoms with Crippen molar-refractivity contribution in [3.05, 3.63) is 41.7 Å². The second kappa shape index (κ2) is 5.98. The van der Waals surface area contributed by atoms with E-state index in [1.54, 1.807) is 12.1 Å². The van der Waals surface area contributed by atoms with Gasteiger partial charge in [0.1, 0.15) is 0 Å². The summed E-state index contributed by atoms with van der Waals surface area (Å²) in [7, 11) is 0. The van der Waals surface area contributed by atoms with Crippen molar-refractivity contribution in [3.8, 4) is 11.4 Å². The molecule has 0 saturated carbocycles. The van der Waals surface area contributed by atoms with E-state index in [0.29, 0.717) is 11.5 Å². The van der Waals surface area contributed by atoms with Crippen LogP contribution in [0.3, 0.4) is 0 Å². The van der Waals surface area contributed by atoms with E-state index in [4.69, 9.17) is 5.84 Å². The van der Waals surface area contributed by atoms with E-state index in [1.165, 1.54) is 0 Å². The number of amides is 2. The molecule has 0 radical (unpaired) electrons. The molecule has 0 aliphatic carbocycles. The topological polar surface area (TPSA) is 106 Å². The van der Waals surface area contributed by atoms with Crippen molar-refractivity contribution >= 4 is 11.7 Å². The maximum Gasteiger partial charge on any atom is 0.373 e. The second-order valence-electron chi connectivity index (χ2n) is 4.17. The van der Waals surface area contributed by atoms with E-state index in [1.807, 2.05) is 37.5 Å². The number of nitrogens with zero attached hydrogens (tertiary/aromatic N) is 4. The largest absolute Gasteiger partial charge is 0.373 e. The van der Waals surface area contributed by atoms with Crippen molar-refractivity contribution in [2.75, 3.05) is 0 Å². The molecule has 7 nitrogen and oxygen atoms in total. The molecule has 0 fully saturated rings. The number of hydrogen-bond acceptors (Lipinski definition) is 5. The Balaban J connectivity index is 2.23. The lowest BCUT2D eigenvalue weighted by molar-refractivity contribution is 0.248. The number of rotatable bonds is 2. The molecule has 0 bridgehead atoms. The predicted octanol–water partition coefficient (Wildman–Crippen LogP) is 2.43. The van der Waals surface area contributed by atoms with Gasteiger partial charge in [-0.25, -0.2) is 20.6 Å². The van der Waals surface area contributed by atoms with Crippen molar-refractivity contribution in [2.45, 2.75) is 13.8 Å². The molecule has 0 spiro atoms. The summed E-state index contributed by atoms with van der Waals surface area (Å²) in [5.41, 5.74) is 5.11. The Morgan fingerprint density at radius 1 is 1.15 bits per heavy atom. The number of aryl methyl sites for hydroxylation is 2. The third-order valence-electron chi connectivity index (χ3n) is 2.49. The van der Waals surface area contributed by atoms with E-state index >= 15 is 0 Å². The van der Waals surface area contributed by atoms with E-state index in [0.717, 1.165) is 17.0 Å². The van der Waals surface area contributed by atoms with Crippen LogP contribution in [0.2, 0.25) is 0 Å². The zero-order valence-electron chi connectivity index (χ0n) is 11.2. The number of urea groups is 1. The molecular weight excluding hydrogens is 256 g/mol. The van der Waals surface area contributed by atoms with E-state index in [2.05, 4.69) is 20.2 Å². The van der Waals surface area contributed by atoms with Crippen LogP contribution in [-0.4, -0.2) is 16.0 Å². The maximum absolute atomic E-state index is 10.8. The van der Waals surface area contributed by atoms with Gasteiger partial charge < -0.3 is 0 Å². The van der Waals surface area contributed by atoms with E-state index < -0.39 is 6.03 Å². The second-order valence-corrected chi connectivity index (χ2v) is 4.17. The molecule has 0 unspecified atom stereocenters. The molecule has 102 valence electrons. The quantitative estimate of drug-likeness (QED) is 0.378. The van der Waals surface area contributed by atoms with Crippen LogP contribution in [0, 0.1) is 13.8 Å². The van der Waals surface area contributed by atoms with Crippen LogP contribution >= 0.6 is 0 Å². The first-order valence-electron chi connectivity index (χ1n) is 5.93. The minimum atomic E-state index is -0.702. The van der Waals surface area contributed by atoms with E-state index in [-0.39, 0.29) is 0 Å². The average molecular weight is 270 g/mol. The monoisotopic (exact) mass is 270 g/mol. The summed E-state index contributed by atoms with van der Waals surface area (Å²) in [6, 6.07) is 8.31. The summed E-state index contributed by atoms with van der Waals surface area (Å²) in [6.07, 6.45) is 0. The van der Waals surface area contributed by atoms with Crippen LogP contribution in [-0.2, 0) is 0 Å². The van der Waals surface area contributed by atoms with Crippen molar-refractivity contribution in [2.24, 2.45) is 16.1 Å². The fraction of sp³-hybridized carbons (Fsp3) is 0.154. The summed E-state index contributed by atoms with van der Waals surface area (Å²) in [5.74, 6) is 5.55. The van der Waals surface area contributed by atoms with Gasteiger partial charge in [0.15, 0.2) is 5.82 Å². The molecule has 3 N–H and O–H groups in total. The number of hydrazine groups is 1. The molecule has 1 heterocycles. The van der Waals surface area contributed by atoms with Gasteiger partial charge >= 0.3 is 6.03 Å². The van der Waals surface area contributed by atoms with Gasteiger partial charge in [0.05, 0.1) is 5.69 Å².